The zero-order chi connectivity index (χ0) is 17.1. The number of hydrogen-bond donors (Lipinski definition) is 2. The van der Waals surface area contributed by atoms with Crippen molar-refractivity contribution in [2.45, 2.75) is 26.1 Å². The topological polar surface area (TPSA) is 56.8 Å². The van der Waals surface area contributed by atoms with Crippen molar-refractivity contribution >= 4 is 0 Å². The molecule has 5 heteroatoms. The molecule has 2 aromatic carbocycles. The van der Waals surface area contributed by atoms with Crippen molar-refractivity contribution in [2.75, 3.05) is 13.6 Å². The van der Waals surface area contributed by atoms with Crippen LogP contribution in [-0.4, -0.2) is 33.7 Å². The molecule has 0 fully saturated rings. The number of aromatic amines is 1. The Morgan fingerprint density at radius 2 is 1.92 bits per heavy atom. The molecule has 3 aromatic rings. The lowest BCUT2D eigenvalue weighted by molar-refractivity contribution is 0.309. The maximum atomic E-state index is 4.63. The number of fused-ring (bicyclic) bond motifs is 1. The van der Waals surface area contributed by atoms with E-state index >= 15 is 0 Å². The van der Waals surface area contributed by atoms with Gasteiger partial charge in [0.05, 0.1) is 6.54 Å². The van der Waals surface area contributed by atoms with E-state index in [0.29, 0.717) is 0 Å². The maximum Gasteiger partial charge on any atom is 0.181 e. The van der Waals surface area contributed by atoms with Crippen LogP contribution in [0.2, 0.25) is 0 Å². The van der Waals surface area contributed by atoms with E-state index in [4.69, 9.17) is 0 Å². The lowest BCUT2D eigenvalue weighted by atomic mass is 9.95. The quantitative estimate of drug-likeness (QED) is 0.754. The van der Waals surface area contributed by atoms with Crippen LogP contribution in [0.15, 0.2) is 48.5 Å². The normalized spacial score (nSPS) is 13.8. The molecule has 0 amide bonds. The third kappa shape index (κ3) is 3.62. The molecule has 2 heterocycles. The Balaban J connectivity index is 1.45. The van der Waals surface area contributed by atoms with Crippen LogP contribution in [0.25, 0.3) is 11.4 Å². The zero-order valence-electron chi connectivity index (χ0n) is 14.5. The highest BCUT2D eigenvalue weighted by atomic mass is 15.2. The van der Waals surface area contributed by atoms with Crippen LogP contribution in [0.4, 0.5) is 0 Å². The van der Waals surface area contributed by atoms with E-state index in [-0.39, 0.29) is 0 Å². The van der Waals surface area contributed by atoms with Crippen molar-refractivity contribution in [3.8, 4) is 11.4 Å². The van der Waals surface area contributed by atoms with E-state index < -0.39 is 0 Å². The minimum Gasteiger partial charge on any atom is -0.312 e. The zero-order valence-corrected chi connectivity index (χ0v) is 14.5. The average Bonchev–Trinajstić information content (AvgIpc) is 3.11. The Morgan fingerprint density at radius 1 is 1.04 bits per heavy atom. The fraction of sp³-hybridized carbons (Fsp3) is 0.300. The van der Waals surface area contributed by atoms with Gasteiger partial charge in [-0.2, -0.15) is 5.10 Å². The fourth-order valence-corrected chi connectivity index (χ4v) is 3.44. The van der Waals surface area contributed by atoms with Crippen molar-refractivity contribution in [3.05, 3.63) is 71.0 Å². The lowest BCUT2D eigenvalue weighted by Gasteiger charge is -2.23. The molecule has 0 saturated carbocycles. The summed E-state index contributed by atoms with van der Waals surface area (Å²) in [4.78, 5) is 6.92. The molecule has 0 spiro atoms. The highest BCUT2D eigenvalue weighted by Gasteiger charge is 2.14. The van der Waals surface area contributed by atoms with Gasteiger partial charge in [-0.05, 0) is 36.7 Å². The van der Waals surface area contributed by atoms with Gasteiger partial charge in [-0.1, -0.05) is 48.5 Å². The summed E-state index contributed by atoms with van der Waals surface area (Å²) >= 11 is 0. The summed E-state index contributed by atoms with van der Waals surface area (Å²) < 4.78 is 0. The summed E-state index contributed by atoms with van der Waals surface area (Å²) in [5.41, 5.74) is 5.40. The van der Waals surface area contributed by atoms with E-state index in [1.165, 1.54) is 16.7 Å². The largest absolute Gasteiger partial charge is 0.312 e. The molecule has 5 nitrogen and oxygen atoms in total. The average molecular weight is 333 g/mol. The summed E-state index contributed by atoms with van der Waals surface area (Å²) in [7, 11) is 2.13. The summed E-state index contributed by atoms with van der Waals surface area (Å²) in [6.45, 7) is 3.72. The second kappa shape index (κ2) is 7.17. The Morgan fingerprint density at radius 3 is 2.80 bits per heavy atom. The molecule has 0 radical (unpaired) electrons. The van der Waals surface area contributed by atoms with Crippen LogP contribution < -0.4 is 5.32 Å². The van der Waals surface area contributed by atoms with Gasteiger partial charge in [-0.15, -0.1) is 0 Å². The predicted molar refractivity (Wildman–Crippen MR) is 98.8 cm³/mol. The molecule has 0 aliphatic carbocycles. The minimum atomic E-state index is 0.752. The number of H-pyrrole nitrogens is 1. The van der Waals surface area contributed by atoms with E-state index in [2.05, 4.69) is 50.6 Å². The first-order valence-corrected chi connectivity index (χ1v) is 8.75. The summed E-state index contributed by atoms with van der Waals surface area (Å²) in [5.74, 6) is 1.65. The monoisotopic (exact) mass is 333 g/mol. The highest BCUT2D eigenvalue weighted by molar-refractivity contribution is 5.53. The Labute approximate surface area is 148 Å². The van der Waals surface area contributed by atoms with Crippen LogP contribution in [0, 0.1) is 0 Å². The van der Waals surface area contributed by atoms with Gasteiger partial charge in [0.2, 0.25) is 0 Å². The van der Waals surface area contributed by atoms with Gasteiger partial charge in [0, 0.05) is 18.7 Å². The van der Waals surface area contributed by atoms with Crippen LogP contribution in [0.3, 0.4) is 0 Å². The van der Waals surface area contributed by atoms with Gasteiger partial charge in [-0.3, -0.25) is 10.00 Å². The van der Waals surface area contributed by atoms with Crippen LogP contribution in [0.5, 0.6) is 0 Å². The summed E-state index contributed by atoms with van der Waals surface area (Å²) in [5, 5.41) is 10.9. The number of aromatic nitrogens is 3. The molecule has 0 atom stereocenters. The molecular weight excluding hydrogens is 310 g/mol. The number of benzene rings is 2. The van der Waals surface area contributed by atoms with Gasteiger partial charge < -0.3 is 5.32 Å². The maximum absolute atomic E-state index is 4.63. The Kier molecular flexibility index (Phi) is 4.59. The number of rotatable bonds is 5. The highest BCUT2D eigenvalue weighted by Crippen LogP contribution is 2.20. The van der Waals surface area contributed by atoms with Crippen molar-refractivity contribution in [1.29, 1.82) is 0 Å². The van der Waals surface area contributed by atoms with Gasteiger partial charge in [0.1, 0.15) is 5.82 Å². The minimum absolute atomic E-state index is 0.752. The van der Waals surface area contributed by atoms with Gasteiger partial charge in [0.25, 0.3) is 0 Å². The van der Waals surface area contributed by atoms with E-state index in [9.17, 15) is 0 Å². The first-order chi connectivity index (χ1) is 12.3. The summed E-state index contributed by atoms with van der Waals surface area (Å²) in [6.07, 6.45) is 1.11. The molecule has 0 bridgehead atoms. The number of nitrogens with one attached hydrogen (secondary N) is 2. The van der Waals surface area contributed by atoms with Crippen molar-refractivity contribution in [2.24, 2.45) is 0 Å². The van der Waals surface area contributed by atoms with Crippen molar-refractivity contribution in [1.82, 2.24) is 25.4 Å². The van der Waals surface area contributed by atoms with Gasteiger partial charge in [-0.25, -0.2) is 4.98 Å². The lowest BCUT2D eigenvalue weighted by Crippen LogP contribution is -2.26. The molecule has 0 saturated heterocycles. The van der Waals surface area contributed by atoms with Crippen LogP contribution >= 0.6 is 0 Å². The molecule has 1 aliphatic rings. The summed E-state index contributed by atoms with van der Waals surface area (Å²) in [6, 6.07) is 16.7. The second-order valence-corrected chi connectivity index (χ2v) is 6.63. The Hall–Kier alpha value is -2.50. The van der Waals surface area contributed by atoms with E-state index in [1.807, 2.05) is 30.3 Å². The van der Waals surface area contributed by atoms with Gasteiger partial charge in [0.15, 0.2) is 5.82 Å². The SMILES string of the molecule is CN(Cc1nc(-c2ccccc2)n[nH]1)Cc1cccc2c1CCNC2. The van der Waals surface area contributed by atoms with Crippen LogP contribution in [-0.2, 0) is 26.1 Å². The fourth-order valence-electron chi connectivity index (χ4n) is 3.44. The molecule has 1 aliphatic heterocycles. The van der Waals surface area contributed by atoms with Crippen molar-refractivity contribution in [3.63, 3.8) is 0 Å². The third-order valence-electron chi connectivity index (χ3n) is 4.66. The molecule has 0 unspecified atom stereocenters. The van der Waals surface area contributed by atoms with Crippen molar-refractivity contribution < 1.29 is 0 Å². The molecule has 128 valence electrons. The Bertz CT molecular complexity index is 840. The first kappa shape index (κ1) is 16.0. The molecule has 25 heavy (non-hydrogen) atoms. The number of hydrogen-bond acceptors (Lipinski definition) is 4. The molecular formula is C20H23N5. The van der Waals surface area contributed by atoms with E-state index in [1.54, 1.807) is 0 Å². The first-order valence-electron chi connectivity index (χ1n) is 8.75. The molecule has 2 N–H and O–H groups in total. The molecule has 4 rings (SSSR count). The number of nitrogens with zero attached hydrogens (tertiary/aromatic N) is 3. The predicted octanol–water partition coefficient (Wildman–Crippen LogP) is 2.75. The molecule has 1 aromatic heterocycles. The van der Waals surface area contributed by atoms with Crippen LogP contribution in [0.1, 0.15) is 22.5 Å². The standard InChI is InChI=1S/C20H23N5/c1-25(13-17-9-5-8-16-12-21-11-10-18(16)17)14-19-22-20(24-23-19)15-6-3-2-4-7-15/h2-9,21H,10-14H2,1H3,(H,22,23,24). The van der Waals surface area contributed by atoms with Gasteiger partial charge >= 0.3 is 0 Å². The van der Waals surface area contributed by atoms with E-state index in [0.717, 1.165) is 49.8 Å². The second-order valence-electron chi connectivity index (χ2n) is 6.63. The third-order valence-corrected chi connectivity index (χ3v) is 4.66. The smallest absolute Gasteiger partial charge is 0.181 e.